The van der Waals surface area contributed by atoms with E-state index in [1.54, 1.807) is 6.92 Å². The van der Waals surface area contributed by atoms with E-state index in [1.165, 1.54) is 69.8 Å². The lowest BCUT2D eigenvalue weighted by atomic mass is 9.43. The van der Waals surface area contributed by atoms with Gasteiger partial charge in [-0.1, -0.05) is 53.7 Å². The van der Waals surface area contributed by atoms with Crippen LogP contribution in [0, 0.1) is 63.1 Å². The Hall–Kier alpha value is -0.790. The summed E-state index contributed by atoms with van der Waals surface area (Å²) < 4.78 is 5.82. The molecular weight excluding hydrogens is 440 g/mol. The molecule has 5 aliphatic carbocycles. The second kappa shape index (κ2) is 8.87. The fourth-order valence-electron chi connectivity index (χ4n) is 12.1. The molecule has 5 saturated carbocycles. The van der Waals surface area contributed by atoms with E-state index < -0.39 is 0 Å². The van der Waals surface area contributed by atoms with Gasteiger partial charge in [-0.25, -0.2) is 0 Å². The summed E-state index contributed by atoms with van der Waals surface area (Å²) >= 11 is 0. The number of hydrogen-bond acceptors (Lipinski definition) is 2. The van der Waals surface area contributed by atoms with Gasteiger partial charge >= 0.3 is 5.97 Å². The number of allylic oxidation sites excluding steroid dienone is 1. The summed E-state index contributed by atoms with van der Waals surface area (Å²) in [5.74, 6) is 5.19. The maximum Gasteiger partial charge on any atom is 0.302 e. The van der Waals surface area contributed by atoms with E-state index in [1.807, 2.05) is 0 Å². The number of carbonyl (C=O) groups excluding carboxylic acids is 1. The van der Waals surface area contributed by atoms with Crippen molar-refractivity contribution in [2.45, 2.75) is 132 Å². The SMILES string of the molecule is C=C(C)[C@@H](CC[C@@H](C)[C@H]1CC[C@@]2(C)[C@@H]3CC[C@H]4[C@H](C)[C@@H](OC(C)=O)CC[C@@]45C[C@@]35CC[C@]12C)C(C)C. The van der Waals surface area contributed by atoms with Gasteiger partial charge in [-0.15, -0.1) is 0 Å². The summed E-state index contributed by atoms with van der Waals surface area (Å²) in [6, 6.07) is 0. The van der Waals surface area contributed by atoms with Crippen LogP contribution in [0.3, 0.4) is 0 Å². The van der Waals surface area contributed by atoms with Crippen molar-refractivity contribution >= 4 is 5.97 Å². The van der Waals surface area contributed by atoms with Crippen LogP contribution in [0.5, 0.6) is 0 Å². The fraction of sp³-hybridized carbons (Fsp3) is 0.912. The zero-order valence-electron chi connectivity index (χ0n) is 24.9. The maximum atomic E-state index is 11.7. The Morgan fingerprint density at radius 2 is 1.64 bits per heavy atom. The second-order valence-corrected chi connectivity index (χ2v) is 15.5. The highest BCUT2D eigenvalue weighted by atomic mass is 16.5. The summed E-state index contributed by atoms with van der Waals surface area (Å²) in [6.07, 6.45) is 15.3. The third kappa shape index (κ3) is 3.57. The molecule has 2 spiro atoms. The molecule has 5 aliphatic rings. The minimum Gasteiger partial charge on any atom is -0.462 e. The van der Waals surface area contributed by atoms with Crippen molar-refractivity contribution in [3.05, 3.63) is 12.2 Å². The van der Waals surface area contributed by atoms with Gasteiger partial charge < -0.3 is 4.74 Å². The van der Waals surface area contributed by atoms with Crippen molar-refractivity contribution in [1.29, 1.82) is 0 Å². The highest BCUT2D eigenvalue weighted by molar-refractivity contribution is 5.66. The Morgan fingerprint density at radius 1 is 0.917 bits per heavy atom. The number of ether oxygens (including phenoxy) is 1. The topological polar surface area (TPSA) is 26.3 Å². The Balaban J connectivity index is 1.33. The van der Waals surface area contributed by atoms with E-state index in [2.05, 4.69) is 55.0 Å². The Bertz CT molecular complexity index is 890. The van der Waals surface area contributed by atoms with E-state index in [-0.39, 0.29) is 12.1 Å². The molecule has 0 heterocycles. The van der Waals surface area contributed by atoms with E-state index in [0.717, 1.165) is 30.1 Å². The summed E-state index contributed by atoms with van der Waals surface area (Å²) in [7, 11) is 0. The standard InChI is InChI=1S/C34H56O2/c1-21(2)26(22(3)4)11-10-23(5)27-14-16-32(9)30-13-12-28-24(6)29(36-25(7)35)15-17-33(28)20-34(30,33)19-18-31(27,32)8/h22-24,26-30H,1,10-20H2,2-9H3/t23-,24+,26-,27-,28+,29+,30+,31-,32+,33-,34+/m1/s1. The van der Waals surface area contributed by atoms with Gasteiger partial charge in [0, 0.05) is 6.92 Å². The molecule has 0 saturated heterocycles. The first-order valence-corrected chi connectivity index (χ1v) is 15.7. The van der Waals surface area contributed by atoms with Gasteiger partial charge in [0.05, 0.1) is 0 Å². The minimum absolute atomic E-state index is 0.0861. The highest BCUT2D eigenvalue weighted by Crippen LogP contribution is 2.88. The van der Waals surface area contributed by atoms with Crippen LogP contribution in [0.15, 0.2) is 12.2 Å². The summed E-state index contributed by atoms with van der Waals surface area (Å²) in [5.41, 5.74) is 3.54. The first-order chi connectivity index (χ1) is 16.8. The van der Waals surface area contributed by atoms with Crippen LogP contribution in [0.4, 0.5) is 0 Å². The molecule has 2 heteroatoms. The molecule has 0 aliphatic heterocycles. The molecule has 0 aromatic carbocycles. The van der Waals surface area contributed by atoms with E-state index in [0.29, 0.717) is 39.4 Å². The quantitative estimate of drug-likeness (QED) is 0.259. The van der Waals surface area contributed by atoms with E-state index in [4.69, 9.17) is 4.74 Å². The molecule has 2 nitrogen and oxygen atoms in total. The Kier molecular flexibility index (Phi) is 6.61. The van der Waals surface area contributed by atoms with Gasteiger partial charge in [0.25, 0.3) is 0 Å². The first-order valence-electron chi connectivity index (χ1n) is 15.7. The van der Waals surface area contributed by atoms with Gasteiger partial charge in [0.15, 0.2) is 0 Å². The average Bonchev–Trinajstić information content (AvgIpc) is 3.37. The smallest absolute Gasteiger partial charge is 0.302 e. The Labute approximate surface area is 222 Å². The molecule has 0 unspecified atom stereocenters. The van der Waals surface area contributed by atoms with Gasteiger partial charge in [-0.2, -0.15) is 0 Å². The molecule has 0 bridgehead atoms. The van der Waals surface area contributed by atoms with Crippen molar-refractivity contribution < 1.29 is 9.53 Å². The zero-order valence-corrected chi connectivity index (χ0v) is 24.9. The normalized spacial score (nSPS) is 48.8. The molecule has 5 fully saturated rings. The van der Waals surface area contributed by atoms with Crippen LogP contribution in [-0.4, -0.2) is 12.1 Å². The molecule has 0 aromatic heterocycles. The molecule has 36 heavy (non-hydrogen) atoms. The van der Waals surface area contributed by atoms with Gasteiger partial charge in [-0.05, 0) is 141 Å². The van der Waals surface area contributed by atoms with Crippen molar-refractivity contribution in [3.63, 3.8) is 0 Å². The zero-order chi connectivity index (χ0) is 26.3. The van der Waals surface area contributed by atoms with Crippen LogP contribution >= 0.6 is 0 Å². The fourth-order valence-corrected chi connectivity index (χ4v) is 12.1. The van der Waals surface area contributed by atoms with Crippen molar-refractivity contribution in [2.75, 3.05) is 0 Å². The molecule has 0 N–H and O–H groups in total. The summed E-state index contributed by atoms with van der Waals surface area (Å²) in [4.78, 5) is 11.7. The Morgan fingerprint density at radius 3 is 2.28 bits per heavy atom. The average molecular weight is 497 g/mol. The largest absolute Gasteiger partial charge is 0.462 e. The molecule has 0 amide bonds. The monoisotopic (exact) mass is 496 g/mol. The predicted octanol–water partition coefficient (Wildman–Crippen LogP) is 9.23. The van der Waals surface area contributed by atoms with Crippen LogP contribution in [-0.2, 0) is 9.53 Å². The number of rotatable bonds is 7. The molecule has 0 radical (unpaired) electrons. The summed E-state index contributed by atoms with van der Waals surface area (Å²) in [5, 5.41) is 0. The van der Waals surface area contributed by atoms with Crippen LogP contribution < -0.4 is 0 Å². The maximum absolute atomic E-state index is 11.7. The molecule has 204 valence electrons. The van der Waals surface area contributed by atoms with Gasteiger partial charge in [-0.3, -0.25) is 4.79 Å². The van der Waals surface area contributed by atoms with E-state index >= 15 is 0 Å². The van der Waals surface area contributed by atoms with Crippen molar-refractivity contribution in [2.24, 2.45) is 63.1 Å². The lowest BCUT2D eigenvalue weighted by molar-refractivity contribution is -0.165. The van der Waals surface area contributed by atoms with E-state index in [9.17, 15) is 4.79 Å². The molecule has 0 aromatic rings. The number of carbonyl (C=O) groups is 1. The van der Waals surface area contributed by atoms with Crippen LogP contribution in [0.2, 0.25) is 0 Å². The lowest BCUT2D eigenvalue weighted by Gasteiger charge is -2.62. The van der Waals surface area contributed by atoms with Gasteiger partial charge in [0.2, 0.25) is 0 Å². The number of fused-ring (bicyclic) bond motifs is 2. The molecular formula is C34H56O2. The minimum atomic E-state index is -0.0861. The predicted molar refractivity (Wildman–Crippen MR) is 149 cm³/mol. The van der Waals surface area contributed by atoms with Crippen LogP contribution in [0.1, 0.15) is 126 Å². The molecule has 11 atom stereocenters. The van der Waals surface area contributed by atoms with Crippen LogP contribution in [0.25, 0.3) is 0 Å². The van der Waals surface area contributed by atoms with Crippen molar-refractivity contribution in [1.82, 2.24) is 0 Å². The molecule has 5 rings (SSSR count). The third-order valence-corrected chi connectivity index (χ3v) is 14.1. The van der Waals surface area contributed by atoms with Crippen molar-refractivity contribution in [3.8, 4) is 0 Å². The highest BCUT2D eigenvalue weighted by Gasteiger charge is 2.81. The summed E-state index contributed by atoms with van der Waals surface area (Å²) in [6.45, 7) is 23.4. The van der Waals surface area contributed by atoms with Gasteiger partial charge in [0.1, 0.15) is 6.10 Å². The first kappa shape index (κ1) is 26.8. The number of esters is 1. The third-order valence-electron chi connectivity index (χ3n) is 14.1. The second-order valence-electron chi connectivity index (χ2n) is 15.5. The number of hydrogen-bond donors (Lipinski definition) is 0. The lowest BCUT2D eigenvalue weighted by Crippen LogP contribution is -2.56.